The first-order chi connectivity index (χ1) is 8.60. The molecule has 0 aliphatic rings. The van der Waals surface area contributed by atoms with E-state index < -0.39 is 0 Å². The van der Waals surface area contributed by atoms with Crippen LogP contribution in [-0.4, -0.2) is 17.0 Å². The van der Waals surface area contributed by atoms with Crippen molar-refractivity contribution in [3.05, 3.63) is 40.0 Å². The molecule has 0 saturated heterocycles. The van der Waals surface area contributed by atoms with E-state index in [0.717, 1.165) is 5.56 Å². The summed E-state index contributed by atoms with van der Waals surface area (Å²) >= 11 is 12.0. The zero-order chi connectivity index (χ0) is 13.1. The van der Waals surface area contributed by atoms with E-state index in [9.17, 15) is 0 Å². The SMILES string of the molecule is CNc1ncc(C)c(Nc2cc(Cl)ccc2Cl)n1. The van der Waals surface area contributed by atoms with Crippen LogP contribution in [0.1, 0.15) is 5.56 Å². The van der Waals surface area contributed by atoms with Gasteiger partial charge in [-0.25, -0.2) is 4.98 Å². The fourth-order valence-corrected chi connectivity index (χ4v) is 1.75. The number of nitrogens with zero attached hydrogens (tertiary/aromatic N) is 2. The van der Waals surface area contributed by atoms with Crippen LogP contribution in [0.15, 0.2) is 24.4 Å². The molecule has 1 heterocycles. The number of aryl methyl sites for hydroxylation is 1. The zero-order valence-electron chi connectivity index (χ0n) is 9.96. The monoisotopic (exact) mass is 282 g/mol. The summed E-state index contributed by atoms with van der Waals surface area (Å²) < 4.78 is 0. The van der Waals surface area contributed by atoms with Crippen LogP contribution in [0.5, 0.6) is 0 Å². The minimum Gasteiger partial charge on any atom is -0.357 e. The van der Waals surface area contributed by atoms with E-state index in [2.05, 4.69) is 20.6 Å². The highest BCUT2D eigenvalue weighted by Gasteiger charge is 2.06. The van der Waals surface area contributed by atoms with Crippen molar-refractivity contribution in [2.24, 2.45) is 0 Å². The highest BCUT2D eigenvalue weighted by atomic mass is 35.5. The molecule has 94 valence electrons. The largest absolute Gasteiger partial charge is 0.357 e. The summed E-state index contributed by atoms with van der Waals surface area (Å²) in [4.78, 5) is 8.44. The maximum absolute atomic E-state index is 6.09. The van der Waals surface area contributed by atoms with Gasteiger partial charge in [-0.1, -0.05) is 23.2 Å². The van der Waals surface area contributed by atoms with Gasteiger partial charge in [-0.3, -0.25) is 0 Å². The van der Waals surface area contributed by atoms with Crippen molar-refractivity contribution in [1.82, 2.24) is 9.97 Å². The Labute approximate surface area is 115 Å². The summed E-state index contributed by atoms with van der Waals surface area (Å²) in [5, 5.41) is 7.23. The summed E-state index contributed by atoms with van der Waals surface area (Å²) in [7, 11) is 1.76. The molecule has 0 bridgehead atoms. The summed E-state index contributed by atoms with van der Waals surface area (Å²) in [6.45, 7) is 1.92. The molecular weight excluding hydrogens is 271 g/mol. The molecule has 2 aromatic rings. The van der Waals surface area contributed by atoms with Gasteiger partial charge in [0.2, 0.25) is 5.95 Å². The van der Waals surface area contributed by atoms with Crippen LogP contribution in [0.4, 0.5) is 17.5 Å². The van der Waals surface area contributed by atoms with E-state index >= 15 is 0 Å². The smallest absolute Gasteiger partial charge is 0.224 e. The summed E-state index contributed by atoms with van der Waals surface area (Å²) in [5.41, 5.74) is 1.64. The van der Waals surface area contributed by atoms with Gasteiger partial charge in [-0.15, -0.1) is 0 Å². The number of nitrogens with one attached hydrogen (secondary N) is 2. The molecule has 0 fully saturated rings. The summed E-state index contributed by atoms with van der Waals surface area (Å²) in [5.74, 6) is 1.24. The van der Waals surface area contributed by atoms with Gasteiger partial charge >= 0.3 is 0 Å². The molecule has 2 N–H and O–H groups in total. The Morgan fingerprint density at radius 1 is 1.22 bits per heavy atom. The Hall–Kier alpha value is -1.52. The van der Waals surface area contributed by atoms with E-state index in [4.69, 9.17) is 23.2 Å². The van der Waals surface area contributed by atoms with Crippen molar-refractivity contribution in [3.8, 4) is 0 Å². The number of rotatable bonds is 3. The van der Waals surface area contributed by atoms with Crippen LogP contribution in [0, 0.1) is 6.92 Å². The lowest BCUT2D eigenvalue weighted by atomic mass is 10.3. The van der Waals surface area contributed by atoms with Crippen LogP contribution in [0.3, 0.4) is 0 Å². The fraction of sp³-hybridized carbons (Fsp3) is 0.167. The first kappa shape index (κ1) is 12.9. The fourth-order valence-electron chi connectivity index (χ4n) is 1.41. The Balaban J connectivity index is 2.36. The standard InChI is InChI=1S/C12H12Cl2N4/c1-7-6-16-12(15-2)18-11(7)17-10-5-8(13)3-4-9(10)14/h3-6H,1-2H3,(H2,15,16,17,18). The first-order valence-corrected chi connectivity index (χ1v) is 6.09. The van der Waals surface area contributed by atoms with Crippen molar-refractivity contribution in [1.29, 1.82) is 0 Å². The maximum Gasteiger partial charge on any atom is 0.224 e. The van der Waals surface area contributed by atoms with E-state index in [1.807, 2.05) is 6.92 Å². The normalized spacial score (nSPS) is 10.2. The topological polar surface area (TPSA) is 49.8 Å². The zero-order valence-corrected chi connectivity index (χ0v) is 11.5. The predicted molar refractivity (Wildman–Crippen MR) is 76.1 cm³/mol. The van der Waals surface area contributed by atoms with E-state index in [0.29, 0.717) is 27.5 Å². The molecule has 6 heteroatoms. The molecule has 2 rings (SSSR count). The van der Waals surface area contributed by atoms with Crippen LogP contribution in [0.2, 0.25) is 10.0 Å². The lowest BCUT2D eigenvalue weighted by Crippen LogP contribution is -2.02. The number of halogens is 2. The van der Waals surface area contributed by atoms with Gasteiger partial charge in [0, 0.05) is 23.8 Å². The maximum atomic E-state index is 6.09. The molecule has 0 aliphatic carbocycles. The highest BCUT2D eigenvalue weighted by Crippen LogP contribution is 2.28. The minimum atomic E-state index is 0.543. The van der Waals surface area contributed by atoms with Gasteiger partial charge in [-0.05, 0) is 25.1 Å². The lowest BCUT2D eigenvalue weighted by molar-refractivity contribution is 1.12. The number of hydrogen-bond acceptors (Lipinski definition) is 4. The molecule has 0 radical (unpaired) electrons. The number of benzene rings is 1. The van der Waals surface area contributed by atoms with Gasteiger partial charge in [0.05, 0.1) is 10.7 Å². The molecular formula is C12H12Cl2N4. The van der Waals surface area contributed by atoms with Crippen molar-refractivity contribution in [2.45, 2.75) is 6.92 Å². The number of aromatic nitrogens is 2. The number of hydrogen-bond donors (Lipinski definition) is 2. The third kappa shape index (κ3) is 2.83. The number of anilines is 3. The third-order valence-electron chi connectivity index (χ3n) is 2.38. The van der Waals surface area contributed by atoms with Gasteiger partial charge < -0.3 is 10.6 Å². The third-order valence-corrected chi connectivity index (χ3v) is 2.94. The van der Waals surface area contributed by atoms with Crippen molar-refractivity contribution >= 4 is 40.7 Å². The predicted octanol–water partition coefficient (Wildman–Crippen LogP) is 3.88. The van der Waals surface area contributed by atoms with Crippen LogP contribution >= 0.6 is 23.2 Å². The quantitative estimate of drug-likeness (QED) is 0.897. The van der Waals surface area contributed by atoms with Gasteiger partial charge in [0.25, 0.3) is 0 Å². The molecule has 0 amide bonds. The molecule has 0 spiro atoms. The minimum absolute atomic E-state index is 0.543. The lowest BCUT2D eigenvalue weighted by Gasteiger charge is -2.11. The van der Waals surface area contributed by atoms with Gasteiger partial charge in [0.1, 0.15) is 5.82 Å². The summed E-state index contributed by atoms with van der Waals surface area (Å²) in [6.07, 6.45) is 1.74. The van der Waals surface area contributed by atoms with Crippen LogP contribution < -0.4 is 10.6 Å². The van der Waals surface area contributed by atoms with Crippen molar-refractivity contribution < 1.29 is 0 Å². The average Bonchev–Trinajstić information content (AvgIpc) is 2.36. The van der Waals surface area contributed by atoms with E-state index in [-0.39, 0.29) is 0 Å². The molecule has 18 heavy (non-hydrogen) atoms. The Kier molecular flexibility index (Phi) is 3.89. The molecule has 0 atom stereocenters. The Morgan fingerprint density at radius 2 is 2.00 bits per heavy atom. The Morgan fingerprint density at radius 3 is 2.72 bits per heavy atom. The molecule has 0 aliphatic heterocycles. The average molecular weight is 283 g/mol. The van der Waals surface area contributed by atoms with E-state index in [1.165, 1.54) is 0 Å². The van der Waals surface area contributed by atoms with Crippen LogP contribution in [-0.2, 0) is 0 Å². The van der Waals surface area contributed by atoms with Gasteiger partial charge in [-0.2, -0.15) is 4.98 Å². The van der Waals surface area contributed by atoms with Crippen molar-refractivity contribution in [2.75, 3.05) is 17.7 Å². The van der Waals surface area contributed by atoms with Gasteiger partial charge in [0.15, 0.2) is 0 Å². The second-order valence-corrected chi connectivity index (χ2v) is 4.57. The molecule has 0 saturated carbocycles. The second kappa shape index (κ2) is 5.42. The molecule has 1 aromatic heterocycles. The second-order valence-electron chi connectivity index (χ2n) is 3.72. The molecule has 1 aromatic carbocycles. The molecule has 4 nitrogen and oxygen atoms in total. The Bertz CT molecular complexity index is 572. The molecule has 0 unspecified atom stereocenters. The van der Waals surface area contributed by atoms with Crippen molar-refractivity contribution in [3.63, 3.8) is 0 Å². The van der Waals surface area contributed by atoms with E-state index in [1.54, 1.807) is 31.4 Å². The first-order valence-electron chi connectivity index (χ1n) is 5.33. The summed E-state index contributed by atoms with van der Waals surface area (Å²) in [6, 6.07) is 5.23. The highest BCUT2D eigenvalue weighted by molar-refractivity contribution is 6.35. The van der Waals surface area contributed by atoms with Crippen LogP contribution in [0.25, 0.3) is 0 Å².